The minimum Gasteiger partial charge on any atom is -0.505 e. The van der Waals surface area contributed by atoms with E-state index in [-0.39, 0.29) is 0 Å². The van der Waals surface area contributed by atoms with Gasteiger partial charge in [-0.2, -0.15) is 0 Å². The maximum Gasteiger partial charge on any atom is 0.320 e. The van der Waals surface area contributed by atoms with Crippen LogP contribution in [0.25, 0.3) is 0 Å². The van der Waals surface area contributed by atoms with Gasteiger partial charge in [-0.25, -0.2) is 0 Å². The van der Waals surface area contributed by atoms with Gasteiger partial charge in [-0.05, 0) is 30.2 Å². The molecule has 0 aliphatic carbocycles. The lowest BCUT2D eigenvalue weighted by Crippen LogP contribution is -2.34. The fourth-order valence-electron chi connectivity index (χ4n) is 2.26. The molecule has 0 saturated carbocycles. The maximum atomic E-state index is 12.4. The minimum atomic E-state index is -1.04. The molecule has 1 rings (SSSR count). The molecule has 0 bridgehead atoms. The van der Waals surface area contributed by atoms with Crippen molar-refractivity contribution in [2.45, 2.75) is 11.8 Å². The van der Waals surface area contributed by atoms with Crippen LogP contribution in [0.2, 0.25) is 0 Å². The molecule has 5 heteroatoms. The van der Waals surface area contributed by atoms with Gasteiger partial charge in [0, 0.05) is 0 Å². The minimum absolute atomic E-state index is 0.356. The van der Waals surface area contributed by atoms with E-state index in [2.05, 4.69) is 6.58 Å². The number of rotatable bonds is 8. The van der Waals surface area contributed by atoms with E-state index in [9.17, 15) is 4.79 Å². The van der Waals surface area contributed by atoms with E-state index >= 15 is 0 Å². The Balaban J connectivity index is 3.51. The molecule has 22 heavy (non-hydrogen) atoms. The second-order valence-electron chi connectivity index (χ2n) is 4.56. The van der Waals surface area contributed by atoms with Crippen molar-refractivity contribution in [1.82, 2.24) is 0 Å². The van der Waals surface area contributed by atoms with Crippen molar-refractivity contribution in [3.8, 4) is 11.5 Å². The van der Waals surface area contributed by atoms with Crippen molar-refractivity contribution in [1.29, 1.82) is 0 Å². The van der Waals surface area contributed by atoms with Gasteiger partial charge in [0.1, 0.15) is 5.41 Å². The zero-order valence-corrected chi connectivity index (χ0v) is 13.4. The van der Waals surface area contributed by atoms with Crippen molar-refractivity contribution in [3.05, 3.63) is 48.8 Å². The van der Waals surface area contributed by atoms with Gasteiger partial charge >= 0.3 is 5.97 Å². The van der Waals surface area contributed by atoms with Crippen LogP contribution in [0.4, 0.5) is 0 Å². The van der Waals surface area contributed by atoms with Crippen molar-refractivity contribution in [2.24, 2.45) is 0 Å². The van der Waals surface area contributed by atoms with Gasteiger partial charge in [0.15, 0.2) is 11.5 Å². The first-order chi connectivity index (χ1) is 10.6. The molecule has 0 amide bonds. The van der Waals surface area contributed by atoms with E-state index in [1.165, 1.54) is 20.5 Å². The maximum absolute atomic E-state index is 12.4. The number of methoxy groups -OCH3 is 4. The summed E-state index contributed by atoms with van der Waals surface area (Å²) in [7, 11) is 5.96. The lowest BCUT2D eigenvalue weighted by atomic mass is 9.77. The smallest absolute Gasteiger partial charge is 0.320 e. The predicted octanol–water partition coefficient (Wildman–Crippen LogP) is 2.85. The lowest BCUT2D eigenvalue weighted by molar-refractivity contribution is -0.145. The summed E-state index contributed by atoms with van der Waals surface area (Å²) >= 11 is 0. The zero-order valence-electron chi connectivity index (χ0n) is 13.4. The summed E-state index contributed by atoms with van der Waals surface area (Å²) in [6.45, 7) is 3.73. The largest absolute Gasteiger partial charge is 0.505 e. The van der Waals surface area contributed by atoms with Crippen molar-refractivity contribution in [3.63, 3.8) is 0 Å². The molecule has 0 radical (unpaired) electrons. The van der Waals surface area contributed by atoms with Gasteiger partial charge in [-0.15, -0.1) is 6.58 Å². The Bertz CT molecular complexity index is 550. The van der Waals surface area contributed by atoms with Crippen LogP contribution in [-0.4, -0.2) is 34.4 Å². The molecule has 0 fully saturated rings. The first-order valence-electron chi connectivity index (χ1n) is 6.72. The summed E-state index contributed by atoms with van der Waals surface area (Å²) in [5.74, 6) is 0.704. The molecule has 0 spiro atoms. The molecule has 120 valence electrons. The number of ether oxygens (including phenoxy) is 4. The number of hydrogen-bond donors (Lipinski definition) is 0. The molecule has 5 nitrogen and oxygen atoms in total. The Hall–Kier alpha value is -2.43. The summed E-state index contributed by atoms with van der Waals surface area (Å²) in [6.07, 6.45) is 5.13. The summed E-state index contributed by atoms with van der Waals surface area (Å²) in [6, 6.07) is 5.29. The Morgan fingerprint density at radius 1 is 1.18 bits per heavy atom. The van der Waals surface area contributed by atoms with Crippen LogP contribution in [-0.2, 0) is 19.7 Å². The molecule has 1 aromatic rings. The van der Waals surface area contributed by atoms with Crippen molar-refractivity contribution in [2.75, 3.05) is 28.4 Å². The second-order valence-corrected chi connectivity index (χ2v) is 4.56. The standard InChI is InChI=1S/C17H22O5/c1-6-9-17(10-11-19-2,16(18)22-5)13-7-8-14(20-3)15(12-13)21-4/h6-8,10-12H,1,9H2,2-5H3/b11-10+/t17-/m1/s1. The second kappa shape index (κ2) is 8.12. The average molecular weight is 306 g/mol. The van der Waals surface area contributed by atoms with E-state index in [1.807, 2.05) is 0 Å². The average Bonchev–Trinajstić information content (AvgIpc) is 2.57. The topological polar surface area (TPSA) is 54.0 Å². The van der Waals surface area contributed by atoms with Crippen molar-refractivity contribution >= 4 is 5.97 Å². The van der Waals surface area contributed by atoms with Crippen LogP contribution >= 0.6 is 0 Å². The number of allylic oxidation sites excluding steroid dienone is 1. The molecule has 0 aliphatic heterocycles. The van der Waals surface area contributed by atoms with E-state index in [4.69, 9.17) is 18.9 Å². The van der Waals surface area contributed by atoms with E-state index in [0.29, 0.717) is 23.5 Å². The molecule has 0 saturated heterocycles. The quantitative estimate of drug-likeness (QED) is 0.420. The van der Waals surface area contributed by atoms with Gasteiger partial charge in [0.2, 0.25) is 0 Å². The van der Waals surface area contributed by atoms with Crippen LogP contribution in [0.5, 0.6) is 11.5 Å². The summed E-state index contributed by atoms with van der Waals surface area (Å²) < 4.78 is 20.5. The Labute approximate surface area is 131 Å². The van der Waals surface area contributed by atoms with Crippen LogP contribution < -0.4 is 9.47 Å². The first-order valence-corrected chi connectivity index (χ1v) is 6.72. The van der Waals surface area contributed by atoms with Gasteiger partial charge < -0.3 is 18.9 Å². The molecule has 0 aromatic heterocycles. The van der Waals surface area contributed by atoms with Gasteiger partial charge in [-0.3, -0.25) is 4.79 Å². The Morgan fingerprint density at radius 2 is 1.86 bits per heavy atom. The van der Waals surface area contributed by atoms with Gasteiger partial charge in [0.25, 0.3) is 0 Å². The van der Waals surface area contributed by atoms with E-state index in [1.54, 1.807) is 44.6 Å². The van der Waals surface area contributed by atoms with Crippen LogP contribution in [0.1, 0.15) is 12.0 Å². The van der Waals surface area contributed by atoms with Crippen LogP contribution in [0.15, 0.2) is 43.2 Å². The summed E-state index contributed by atoms with van der Waals surface area (Å²) in [5.41, 5.74) is -0.336. The number of carbonyl (C=O) groups is 1. The van der Waals surface area contributed by atoms with Crippen LogP contribution in [0, 0.1) is 0 Å². The fraction of sp³-hybridized carbons (Fsp3) is 0.353. The molecule has 0 heterocycles. The molecule has 0 aliphatic rings. The number of esters is 1. The zero-order chi connectivity index (χ0) is 16.6. The molecular formula is C17H22O5. The third-order valence-corrected chi connectivity index (χ3v) is 3.40. The third-order valence-electron chi connectivity index (χ3n) is 3.40. The van der Waals surface area contributed by atoms with E-state index in [0.717, 1.165) is 0 Å². The predicted molar refractivity (Wildman–Crippen MR) is 84.2 cm³/mol. The Morgan fingerprint density at radius 3 is 2.36 bits per heavy atom. The number of carbonyl (C=O) groups excluding carboxylic acids is 1. The highest BCUT2D eigenvalue weighted by Crippen LogP contribution is 2.37. The molecule has 1 aromatic carbocycles. The van der Waals surface area contributed by atoms with Crippen LogP contribution in [0.3, 0.4) is 0 Å². The van der Waals surface area contributed by atoms with Crippen molar-refractivity contribution < 1.29 is 23.7 Å². The van der Waals surface area contributed by atoms with E-state index < -0.39 is 11.4 Å². The molecule has 0 N–H and O–H groups in total. The normalized spacial score (nSPS) is 13.3. The highest BCUT2D eigenvalue weighted by molar-refractivity contribution is 5.86. The fourth-order valence-corrected chi connectivity index (χ4v) is 2.26. The summed E-state index contributed by atoms with van der Waals surface area (Å²) in [4.78, 5) is 12.4. The highest BCUT2D eigenvalue weighted by Gasteiger charge is 2.38. The van der Waals surface area contributed by atoms with Gasteiger partial charge in [0.05, 0.1) is 34.7 Å². The SMILES string of the molecule is C=CC[C@](/C=C/OC)(C(=O)OC)c1ccc(OC)c(OC)c1. The third kappa shape index (κ3) is 3.42. The highest BCUT2D eigenvalue weighted by atomic mass is 16.5. The lowest BCUT2D eigenvalue weighted by Gasteiger charge is -2.27. The summed E-state index contributed by atoms with van der Waals surface area (Å²) in [5, 5.41) is 0. The molecule has 0 unspecified atom stereocenters. The molecule has 1 atom stereocenters. The number of benzene rings is 1. The van der Waals surface area contributed by atoms with Gasteiger partial charge in [-0.1, -0.05) is 12.1 Å². The number of hydrogen-bond acceptors (Lipinski definition) is 5. The first kappa shape index (κ1) is 17.6. The Kier molecular flexibility index (Phi) is 6.50. The monoisotopic (exact) mass is 306 g/mol. The molecular weight excluding hydrogens is 284 g/mol.